The molecular weight excluding hydrogens is 202 g/mol. The Balaban J connectivity index is 2.66. The summed E-state index contributed by atoms with van der Waals surface area (Å²) in [5.41, 5.74) is 7.48. The molecule has 80 valence electrons. The molecule has 2 rings (SSSR count). The molecule has 1 aromatic heterocycles. The molecule has 4 nitrogen and oxygen atoms in total. The molecule has 0 unspecified atom stereocenters. The number of nitrogens with zero attached hydrogens (tertiary/aromatic N) is 2. The third kappa shape index (κ3) is 1.63. The van der Waals surface area contributed by atoms with Gasteiger partial charge in [0.25, 0.3) is 0 Å². The molecule has 1 aromatic carbocycles. The maximum Gasteiger partial charge on any atom is 0.120 e. The average molecular weight is 213 g/mol. The lowest BCUT2D eigenvalue weighted by molar-refractivity contribution is 0.340. The van der Waals surface area contributed by atoms with Crippen molar-refractivity contribution in [1.82, 2.24) is 4.98 Å². The molecule has 0 fully saturated rings. The molecular formula is C12H11N3O. The third-order valence-corrected chi connectivity index (χ3v) is 2.31. The van der Waals surface area contributed by atoms with Crippen molar-refractivity contribution in [2.24, 2.45) is 0 Å². The summed E-state index contributed by atoms with van der Waals surface area (Å²) in [6, 6.07) is 7.49. The first kappa shape index (κ1) is 10.2. The number of nitrogens with two attached hydrogens (primary N) is 1. The zero-order chi connectivity index (χ0) is 11.5. The van der Waals surface area contributed by atoms with Crippen LogP contribution in [0.25, 0.3) is 10.9 Å². The van der Waals surface area contributed by atoms with Crippen molar-refractivity contribution in [3.05, 3.63) is 30.0 Å². The molecule has 0 saturated carbocycles. The van der Waals surface area contributed by atoms with Gasteiger partial charge < -0.3 is 10.5 Å². The van der Waals surface area contributed by atoms with Crippen molar-refractivity contribution in [3.63, 3.8) is 0 Å². The van der Waals surface area contributed by atoms with E-state index in [0.717, 1.165) is 16.7 Å². The smallest absolute Gasteiger partial charge is 0.120 e. The summed E-state index contributed by atoms with van der Waals surface area (Å²) in [5.74, 6) is 0.735. The molecule has 2 N–H and O–H groups in total. The van der Waals surface area contributed by atoms with Crippen molar-refractivity contribution >= 4 is 16.6 Å². The van der Waals surface area contributed by atoms with Crippen molar-refractivity contribution in [3.8, 4) is 11.8 Å². The average Bonchev–Trinajstić information content (AvgIpc) is 2.31. The van der Waals surface area contributed by atoms with Crippen LogP contribution < -0.4 is 10.5 Å². The fraction of sp³-hybridized carbons (Fsp3) is 0.167. The number of benzene rings is 1. The summed E-state index contributed by atoms with van der Waals surface area (Å²) in [6.07, 6.45) is 1.48. The van der Waals surface area contributed by atoms with Crippen molar-refractivity contribution in [2.75, 3.05) is 12.3 Å². The van der Waals surface area contributed by atoms with Crippen LogP contribution in [0.4, 0.5) is 5.69 Å². The number of nitrogen functional groups attached to an aromatic ring is 1. The van der Waals surface area contributed by atoms with Crippen LogP contribution in [0.3, 0.4) is 0 Å². The van der Waals surface area contributed by atoms with E-state index in [0.29, 0.717) is 17.9 Å². The molecule has 0 aliphatic heterocycles. The lowest BCUT2D eigenvalue weighted by Crippen LogP contribution is -1.96. The van der Waals surface area contributed by atoms with E-state index in [1.54, 1.807) is 0 Å². The predicted octanol–water partition coefficient (Wildman–Crippen LogP) is 2.09. The van der Waals surface area contributed by atoms with Gasteiger partial charge in [0, 0.05) is 11.6 Å². The summed E-state index contributed by atoms with van der Waals surface area (Å²) in [5, 5.41) is 9.60. The highest BCUT2D eigenvalue weighted by Gasteiger charge is 2.06. The van der Waals surface area contributed by atoms with Crippen LogP contribution in [0, 0.1) is 11.3 Å². The molecule has 2 aromatic rings. The summed E-state index contributed by atoms with van der Waals surface area (Å²) >= 11 is 0. The molecule has 4 heteroatoms. The SMILES string of the molecule is CCOc1ccc2ncc(C#N)c(N)c2c1. The fourth-order valence-corrected chi connectivity index (χ4v) is 1.54. The number of hydrogen-bond donors (Lipinski definition) is 1. The van der Waals surface area contributed by atoms with Gasteiger partial charge >= 0.3 is 0 Å². The van der Waals surface area contributed by atoms with Gasteiger partial charge in [-0.1, -0.05) is 0 Å². The van der Waals surface area contributed by atoms with Crippen LogP contribution in [0.2, 0.25) is 0 Å². The number of rotatable bonds is 2. The van der Waals surface area contributed by atoms with Crippen LogP contribution >= 0.6 is 0 Å². The Hall–Kier alpha value is -2.28. The van der Waals surface area contributed by atoms with Gasteiger partial charge in [0.05, 0.1) is 23.4 Å². The molecule has 0 amide bonds. The van der Waals surface area contributed by atoms with E-state index in [1.165, 1.54) is 6.20 Å². The minimum atomic E-state index is 0.390. The van der Waals surface area contributed by atoms with Crippen molar-refractivity contribution in [1.29, 1.82) is 5.26 Å². The standard InChI is InChI=1S/C12H11N3O/c1-2-16-9-3-4-11-10(5-9)12(14)8(6-13)7-15-11/h3-5,7H,2H2,1H3,(H2,14,15). The largest absolute Gasteiger partial charge is 0.494 e. The van der Waals surface area contributed by atoms with E-state index in [-0.39, 0.29) is 0 Å². The van der Waals surface area contributed by atoms with Gasteiger partial charge in [0.1, 0.15) is 11.8 Å². The molecule has 0 aliphatic carbocycles. The Morgan fingerprint density at radius 3 is 3.00 bits per heavy atom. The van der Waals surface area contributed by atoms with Crippen molar-refractivity contribution < 1.29 is 4.74 Å². The predicted molar refractivity (Wildman–Crippen MR) is 62.0 cm³/mol. The van der Waals surface area contributed by atoms with Crippen LogP contribution in [-0.2, 0) is 0 Å². The second kappa shape index (κ2) is 4.07. The second-order valence-corrected chi connectivity index (χ2v) is 3.31. The summed E-state index contributed by atoms with van der Waals surface area (Å²) < 4.78 is 5.38. The Bertz CT molecular complexity index is 572. The number of anilines is 1. The van der Waals surface area contributed by atoms with Crippen LogP contribution in [0.15, 0.2) is 24.4 Å². The highest BCUT2D eigenvalue weighted by Crippen LogP contribution is 2.26. The maximum atomic E-state index is 8.85. The molecule has 0 atom stereocenters. The Morgan fingerprint density at radius 1 is 1.50 bits per heavy atom. The molecule has 0 aliphatic rings. The number of nitriles is 1. The highest BCUT2D eigenvalue weighted by molar-refractivity contribution is 5.93. The first-order valence-electron chi connectivity index (χ1n) is 4.97. The fourth-order valence-electron chi connectivity index (χ4n) is 1.54. The van der Waals surface area contributed by atoms with E-state index in [2.05, 4.69) is 4.98 Å². The van der Waals surface area contributed by atoms with Gasteiger partial charge in [0.15, 0.2) is 0 Å². The number of aromatic nitrogens is 1. The first-order chi connectivity index (χ1) is 7.76. The molecule has 0 bridgehead atoms. The minimum Gasteiger partial charge on any atom is -0.494 e. The van der Waals surface area contributed by atoms with Gasteiger partial charge in [-0.05, 0) is 25.1 Å². The third-order valence-electron chi connectivity index (χ3n) is 2.31. The molecule has 0 radical (unpaired) electrons. The number of ether oxygens (including phenoxy) is 1. The van der Waals surface area contributed by atoms with Gasteiger partial charge in [-0.25, -0.2) is 0 Å². The maximum absolute atomic E-state index is 8.85. The zero-order valence-corrected chi connectivity index (χ0v) is 8.90. The van der Waals surface area contributed by atoms with Crippen molar-refractivity contribution in [2.45, 2.75) is 6.92 Å². The zero-order valence-electron chi connectivity index (χ0n) is 8.90. The monoisotopic (exact) mass is 213 g/mol. The van der Waals surface area contributed by atoms with Gasteiger partial charge in [-0.3, -0.25) is 4.98 Å². The van der Waals surface area contributed by atoms with E-state index < -0.39 is 0 Å². The Kier molecular flexibility index (Phi) is 2.61. The Labute approximate surface area is 93.3 Å². The molecule has 0 saturated heterocycles. The van der Waals surface area contributed by atoms with E-state index in [4.69, 9.17) is 15.7 Å². The van der Waals surface area contributed by atoms with Gasteiger partial charge in [-0.15, -0.1) is 0 Å². The first-order valence-corrected chi connectivity index (χ1v) is 4.97. The van der Waals surface area contributed by atoms with E-state index in [1.807, 2.05) is 31.2 Å². The quantitative estimate of drug-likeness (QED) is 0.829. The van der Waals surface area contributed by atoms with Crippen LogP contribution in [-0.4, -0.2) is 11.6 Å². The van der Waals surface area contributed by atoms with Crippen LogP contribution in [0.5, 0.6) is 5.75 Å². The Morgan fingerprint density at radius 2 is 2.31 bits per heavy atom. The topological polar surface area (TPSA) is 71.9 Å². The van der Waals surface area contributed by atoms with Gasteiger partial charge in [-0.2, -0.15) is 5.26 Å². The lowest BCUT2D eigenvalue weighted by Gasteiger charge is -2.06. The number of pyridine rings is 1. The summed E-state index contributed by atoms with van der Waals surface area (Å²) in [4.78, 5) is 4.16. The second-order valence-electron chi connectivity index (χ2n) is 3.31. The summed E-state index contributed by atoms with van der Waals surface area (Å²) in [7, 11) is 0. The highest BCUT2D eigenvalue weighted by atomic mass is 16.5. The van der Waals surface area contributed by atoms with E-state index >= 15 is 0 Å². The lowest BCUT2D eigenvalue weighted by atomic mass is 10.1. The minimum absolute atomic E-state index is 0.390. The molecule has 0 spiro atoms. The molecule has 1 heterocycles. The summed E-state index contributed by atoms with van der Waals surface area (Å²) in [6.45, 7) is 2.51. The van der Waals surface area contributed by atoms with E-state index in [9.17, 15) is 0 Å². The normalized spacial score (nSPS) is 10.0. The number of hydrogen-bond acceptors (Lipinski definition) is 4. The van der Waals surface area contributed by atoms with Crippen LogP contribution in [0.1, 0.15) is 12.5 Å². The molecule has 16 heavy (non-hydrogen) atoms. The van der Waals surface area contributed by atoms with Gasteiger partial charge in [0.2, 0.25) is 0 Å². The number of fused-ring (bicyclic) bond motifs is 1.